The number of carbonyl (C=O) groups is 2. The zero-order chi connectivity index (χ0) is 28.5. The van der Waals surface area contributed by atoms with Crippen molar-refractivity contribution in [1.82, 2.24) is 34.4 Å². The molecule has 3 aromatic rings. The molecule has 5 heterocycles. The monoisotopic (exact) mass is 558 g/mol. The first-order valence-electron chi connectivity index (χ1n) is 14.5. The topological polar surface area (TPSA) is 120 Å². The number of likely N-dealkylation sites (tertiary alicyclic amines) is 2. The van der Waals surface area contributed by atoms with Gasteiger partial charge in [-0.3, -0.25) is 19.2 Å². The van der Waals surface area contributed by atoms with Gasteiger partial charge in [0.05, 0.1) is 17.9 Å². The molecule has 0 saturated carbocycles. The molecule has 3 aliphatic rings. The predicted molar refractivity (Wildman–Crippen MR) is 154 cm³/mol. The molecule has 3 aliphatic heterocycles. The molecule has 0 radical (unpaired) electrons. The van der Waals surface area contributed by atoms with Crippen LogP contribution in [0.4, 0.5) is 5.82 Å². The molecule has 2 amide bonds. The van der Waals surface area contributed by atoms with E-state index in [1.54, 1.807) is 28.8 Å². The average molecular weight is 559 g/mol. The minimum Gasteiger partial charge on any atom is -0.390 e. The van der Waals surface area contributed by atoms with Crippen LogP contribution >= 0.6 is 0 Å². The summed E-state index contributed by atoms with van der Waals surface area (Å²) < 4.78 is 1.68. The van der Waals surface area contributed by atoms with E-state index in [0.29, 0.717) is 43.4 Å². The Hall–Kier alpha value is -3.83. The van der Waals surface area contributed by atoms with Gasteiger partial charge in [0.25, 0.3) is 5.91 Å². The maximum Gasteiger partial charge on any atom is 0.272 e. The van der Waals surface area contributed by atoms with Crippen LogP contribution in [0.5, 0.6) is 0 Å². The Morgan fingerprint density at radius 3 is 2.46 bits per heavy atom. The lowest BCUT2D eigenvalue weighted by Crippen LogP contribution is -2.56. The number of nitrogens with one attached hydrogen (secondary N) is 1. The summed E-state index contributed by atoms with van der Waals surface area (Å²) in [5, 5.41) is 18.9. The normalized spacial score (nSPS) is 21.9. The number of hydrogen-bond acceptors (Lipinski definition) is 8. The Bertz CT molecular complexity index is 1420. The van der Waals surface area contributed by atoms with Crippen molar-refractivity contribution in [3.63, 3.8) is 0 Å². The van der Waals surface area contributed by atoms with Gasteiger partial charge in [0.1, 0.15) is 11.5 Å². The molecular formula is C30H38N8O3. The molecule has 1 aromatic carbocycles. The second kappa shape index (κ2) is 11.6. The van der Waals surface area contributed by atoms with Crippen molar-refractivity contribution >= 4 is 17.6 Å². The van der Waals surface area contributed by atoms with Crippen LogP contribution in [0.1, 0.15) is 47.8 Å². The van der Waals surface area contributed by atoms with Gasteiger partial charge in [-0.1, -0.05) is 24.3 Å². The fourth-order valence-corrected chi connectivity index (χ4v) is 6.34. The van der Waals surface area contributed by atoms with E-state index < -0.39 is 6.10 Å². The van der Waals surface area contributed by atoms with Gasteiger partial charge in [-0.2, -0.15) is 5.10 Å². The highest BCUT2D eigenvalue weighted by atomic mass is 16.3. The maximum atomic E-state index is 13.8. The predicted octanol–water partition coefficient (Wildman–Crippen LogP) is 1.93. The summed E-state index contributed by atoms with van der Waals surface area (Å²) in [4.78, 5) is 40.8. The summed E-state index contributed by atoms with van der Waals surface area (Å²) in [7, 11) is 1.83. The average Bonchev–Trinajstić information content (AvgIpc) is 3.43. The van der Waals surface area contributed by atoms with Crippen molar-refractivity contribution in [2.45, 2.75) is 57.3 Å². The van der Waals surface area contributed by atoms with Gasteiger partial charge in [0.2, 0.25) is 5.91 Å². The number of fused-ring (bicyclic) bond motifs is 1. The van der Waals surface area contributed by atoms with E-state index in [0.717, 1.165) is 37.9 Å². The summed E-state index contributed by atoms with van der Waals surface area (Å²) in [6.45, 7) is 5.53. The van der Waals surface area contributed by atoms with Crippen LogP contribution in [0.25, 0.3) is 11.4 Å². The number of aryl methyl sites for hydroxylation is 1. The number of aliphatic hydroxyl groups is 1. The molecule has 11 heteroatoms. The van der Waals surface area contributed by atoms with Crippen molar-refractivity contribution in [2.75, 3.05) is 38.0 Å². The van der Waals surface area contributed by atoms with E-state index in [1.807, 2.05) is 18.1 Å². The Morgan fingerprint density at radius 1 is 1.00 bits per heavy atom. The maximum absolute atomic E-state index is 13.8. The molecule has 0 aliphatic carbocycles. The molecule has 41 heavy (non-hydrogen) atoms. The number of β-amino-alcohol motifs (C(OH)–C–C–N with tert-alkyl or cyclic N) is 1. The smallest absolute Gasteiger partial charge is 0.272 e. The number of amides is 2. The number of piperidine rings is 2. The standard InChI is InChI=1S/C30H38N8O3/c1-20(39)36-12-8-24(9-13-36)32-28-15-25(33-29(34-28)23-16-31-35(2)17-23)30(41)38-14-10-26(27(40)19-38)37-11-7-21-5-3-4-6-22(21)18-37/h3-6,15-17,24,26-27,40H,7-14,18-19H2,1-2H3,(H,32,33,34)/t26-,27-/m0/s1. The lowest BCUT2D eigenvalue weighted by atomic mass is 9.94. The first kappa shape index (κ1) is 27.3. The Kier molecular flexibility index (Phi) is 7.72. The minimum atomic E-state index is -0.637. The summed E-state index contributed by atoms with van der Waals surface area (Å²) in [6.07, 6.45) is 6.15. The van der Waals surface area contributed by atoms with E-state index in [2.05, 4.69) is 44.6 Å². The van der Waals surface area contributed by atoms with Crippen LogP contribution in [0.2, 0.25) is 0 Å². The van der Waals surface area contributed by atoms with Gasteiger partial charge in [-0.15, -0.1) is 0 Å². The molecule has 2 aromatic heterocycles. The molecule has 0 unspecified atom stereocenters. The number of anilines is 1. The largest absolute Gasteiger partial charge is 0.390 e. The number of aliphatic hydroxyl groups excluding tert-OH is 1. The second-order valence-electron chi connectivity index (χ2n) is 11.5. The van der Waals surface area contributed by atoms with Crippen molar-refractivity contribution < 1.29 is 14.7 Å². The number of hydrogen-bond donors (Lipinski definition) is 2. The second-order valence-corrected chi connectivity index (χ2v) is 11.5. The third-order valence-electron chi connectivity index (χ3n) is 8.66. The number of nitrogens with zero attached hydrogens (tertiary/aromatic N) is 7. The molecular weight excluding hydrogens is 520 g/mol. The SMILES string of the molecule is CC(=O)N1CCC(Nc2cc(C(=O)N3CC[C@H](N4CCc5ccccc5C4)[C@@H](O)C3)nc(-c3cnn(C)c3)n2)CC1. The number of aromatic nitrogens is 4. The molecule has 2 saturated heterocycles. The third kappa shape index (κ3) is 5.96. The zero-order valence-corrected chi connectivity index (χ0v) is 23.7. The lowest BCUT2D eigenvalue weighted by molar-refractivity contribution is -0.129. The number of benzene rings is 1. The Labute approximate surface area is 240 Å². The number of carbonyl (C=O) groups excluding carboxylic acids is 2. The van der Waals surface area contributed by atoms with Gasteiger partial charge in [0.15, 0.2) is 5.82 Å². The lowest BCUT2D eigenvalue weighted by Gasteiger charge is -2.43. The molecule has 216 valence electrons. The molecule has 0 bridgehead atoms. The fraction of sp³-hybridized carbons (Fsp3) is 0.500. The van der Waals surface area contributed by atoms with Crippen LogP contribution in [-0.4, -0.2) is 102 Å². The molecule has 2 N–H and O–H groups in total. The minimum absolute atomic E-state index is 0.0156. The Morgan fingerprint density at radius 2 is 1.76 bits per heavy atom. The summed E-state index contributed by atoms with van der Waals surface area (Å²) in [5.41, 5.74) is 3.72. The van der Waals surface area contributed by atoms with Crippen LogP contribution in [0.15, 0.2) is 42.7 Å². The highest BCUT2D eigenvalue weighted by molar-refractivity contribution is 5.93. The van der Waals surface area contributed by atoms with Crippen LogP contribution in [0, 0.1) is 0 Å². The third-order valence-corrected chi connectivity index (χ3v) is 8.66. The van der Waals surface area contributed by atoms with Crippen molar-refractivity contribution in [3.05, 3.63) is 59.5 Å². The van der Waals surface area contributed by atoms with Gasteiger partial charge in [0, 0.05) is 77.6 Å². The summed E-state index contributed by atoms with van der Waals surface area (Å²) in [5.74, 6) is 0.878. The quantitative estimate of drug-likeness (QED) is 0.488. The molecule has 11 nitrogen and oxygen atoms in total. The highest BCUT2D eigenvalue weighted by Gasteiger charge is 2.36. The molecule has 6 rings (SSSR count). The van der Waals surface area contributed by atoms with Gasteiger partial charge >= 0.3 is 0 Å². The van der Waals surface area contributed by atoms with Crippen molar-refractivity contribution in [3.8, 4) is 11.4 Å². The van der Waals surface area contributed by atoms with Crippen LogP contribution in [-0.2, 0) is 24.8 Å². The van der Waals surface area contributed by atoms with Gasteiger partial charge in [-0.25, -0.2) is 9.97 Å². The van der Waals surface area contributed by atoms with Gasteiger partial charge in [-0.05, 0) is 36.8 Å². The zero-order valence-electron chi connectivity index (χ0n) is 23.7. The highest BCUT2D eigenvalue weighted by Crippen LogP contribution is 2.27. The molecule has 2 fully saturated rings. The number of rotatable bonds is 5. The van der Waals surface area contributed by atoms with E-state index in [9.17, 15) is 14.7 Å². The van der Waals surface area contributed by atoms with E-state index in [4.69, 9.17) is 4.98 Å². The molecule has 2 atom stereocenters. The van der Waals surface area contributed by atoms with E-state index in [1.165, 1.54) is 11.1 Å². The van der Waals surface area contributed by atoms with Crippen molar-refractivity contribution in [2.24, 2.45) is 7.05 Å². The first-order chi connectivity index (χ1) is 19.8. The van der Waals surface area contributed by atoms with E-state index >= 15 is 0 Å². The summed E-state index contributed by atoms with van der Waals surface area (Å²) >= 11 is 0. The van der Waals surface area contributed by atoms with Crippen LogP contribution in [0.3, 0.4) is 0 Å². The summed E-state index contributed by atoms with van der Waals surface area (Å²) in [6, 6.07) is 10.4. The van der Waals surface area contributed by atoms with Crippen molar-refractivity contribution in [1.29, 1.82) is 0 Å². The van der Waals surface area contributed by atoms with E-state index in [-0.39, 0.29) is 30.4 Å². The first-order valence-corrected chi connectivity index (χ1v) is 14.5. The van der Waals surface area contributed by atoms with Crippen LogP contribution < -0.4 is 5.32 Å². The fourth-order valence-electron chi connectivity index (χ4n) is 6.34. The Balaban J connectivity index is 1.17. The van der Waals surface area contributed by atoms with Gasteiger partial charge < -0.3 is 20.2 Å². The molecule has 0 spiro atoms.